The van der Waals surface area contributed by atoms with Gasteiger partial charge in [-0.1, -0.05) is 24.3 Å². The number of hydrogen-bond donors (Lipinski definition) is 0. The van der Waals surface area contributed by atoms with Crippen molar-refractivity contribution in [2.24, 2.45) is 4.99 Å². The van der Waals surface area contributed by atoms with Gasteiger partial charge in [0.2, 0.25) is 11.8 Å². The minimum absolute atomic E-state index is 0.122. The SMILES string of the molecule is CN=Cc1ccc(Oc2cn(C3CCCCO3)nc2-c2cccc(COc3cccc(F)n3)c2)cc1. The molecule has 8 heteroatoms. The van der Waals surface area contributed by atoms with Crippen LogP contribution in [0.25, 0.3) is 11.3 Å². The zero-order chi connectivity index (χ0) is 24.7. The molecule has 7 nitrogen and oxygen atoms in total. The molecule has 2 aromatic heterocycles. The molecule has 0 radical (unpaired) electrons. The highest BCUT2D eigenvalue weighted by molar-refractivity contribution is 5.79. The van der Waals surface area contributed by atoms with Gasteiger partial charge in [-0.05, 0) is 66.8 Å². The molecule has 0 spiro atoms. The lowest BCUT2D eigenvalue weighted by atomic mass is 10.1. The molecule has 184 valence electrons. The maximum absolute atomic E-state index is 13.4. The summed E-state index contributed by atoms with van der Waals surface area (Å²) in [6, 6.07) is 20.0. The Hall–Kier alpha value is -4.04. The van der Waals surface area contributed by atoms with Crippen molar-refractivity contribution in [3.8, 4) is 28.6 Å². The zero-order valence-electron chi connectivity index (χ0n) is 20.0. The first-order valence-electron chi connectivity index (χ1n) is 11.9. The maximum Gasteiger partial charge on any atom is 0.216 e. The van der Waals surface area contributed by atoms with E-state index < -0.39 is 5.95 Å². The lowest BCUT2D eigenvalue weighted by Gasteiger charge is -2.22. The van der Waals surface area contributed by atoms with Gasteiger partial charge < -0.3 is 14.2 Å². The fraction of sp³-hybridized carbons (Fsp3) is 0.250. The smallest absolute Gasteiger partial charge is 0.216 e. The van der Waals surface area contributed by atoms with Crippen molar-refractivity contribution in [3.63, 3.8) is 0 Å². The van der Waals surface area contributed by atoms with Crippen LogP contribution in [0.4, 0.5) is 4.39 Å². The van der Waals surface area contributed by atoms with Gasteiger partial charge >= 0.3 is 0 Å². The molecule has 1 aliphatic rings. The normalized spacial score (nSPS) is 15.8. The van der Waals surface area contributed by atoms with Crippen LogP contribution in [0.5, 0.6) is 17.4 Å². The molecule has 1 aliphatic heterocycles. The summed E-state index contributed by atoms with van der Waals surface area (Å²) >= 11 is 0. The second-order valence-electron chi connectivity index (χ2n) is 8.49. The first kappa shape index (κ1) is 23.7. The summed E-state index contributed by atoms with van der Waals surface area (Å²) in [5, 5.41) is 4.86. The summed E-state index contributed by atoms with van der Waals surface area (Å²) in [5.74, 6) is 0.990. The second kappa shape index (κ2) is 11.1. The van der Waals surface area contributed by atoms with Crippen molar-refractivity contribution >= 4 is 6.21 Å². The van der Waals surface area contributed by atoms with Crippen molar-refractivity contribution in [2.45, 2.75) is 32.1 Å². The molecule has 1 atom stereocenters. The van der Waals surface area contributed by atoms with E-state index in [2.05, 4.69) is 9.98 Å². The molecule has 5 rings (SSSR count). The number of nitrogens with zero attached hydrogens (tertiary/aromatic N) is 4. The van der Waals surface area contributed by atoms with Crippen LogP contribution in [0.3, 0.4) is 0 Å². The Labute approximate surface area is 209 Å². The van der Waals surface area contributed by atoms with Gasteiger partial charge in [0.25, 0.3) is 0 Å². The molecule has 3 heterocycles. The number of halogens is 1. The predicted octanol–water partition coefficient (Wildman–Crippen LogP) is 6.20. The van der Waals surface area contributed by atoms with Crippen LogP contribution in [-0.4, -0.2) is 34.6 Å². The lowest BCUT2D eigenvalue weighted by molar-refractivity contribution is -0.0394. The summed E-state index contributed by atoms with van der Waals surface area (Å²) in [6.45, 7) is 0.963. The van der Waals surface area contributed by atoms with Gasteiger partial charge in [0.1, 0.15) is 24.3 Å². The molecule has 36 heavy (non-hydrogen) atoms. The van der Waals surface area contributed by atoms with Crippen molar-refractivity contribution in [2.75, 3.05) is 13.7 Å². The number of aliphatic imine (C=N–C) groups is 1. The van der Waals surface area contributed by atoms with Crippen molar-refractivity contribution in [3.05, 3.63) is 90.0 Å². The first-order chi connectivity index (χ1) is 17.7. The van der Waals surface area contributed by atoms with Gasteiger partial charge in [-0.25, -0.2) is 4.68 Å². The molecule has 1 saturated heterocycles. The molecule has 2 aromatic carbocycles. The third-order valence-electron chi connectivity index (χ3n) is 5.81. The third kappa shape index (κ3) is 5.78. The van der Waals surface area contributed by atoms with Crippen LogP contribution in [-0.2, 0) is 11.3 Å². The van der Waals surface area contributed by atoms with Crippen LogP contribution >= 0.6 is 0 Å². The fourth-order valence-electron chi connectivity index (χ4n) is 4.06. The minimum atomic E-state index is -0.575. The Balaban J connectivity index is 1.42. The maximum atomic E-state index is 13.4. The predicted molar refractivity (Wildman–Crippen MR) is 135 cm³/mol. The van der Waals surface area contributed by atoms with Gasteiger partial charge in [0.05, 0.1) is 6.20 Å². The fourth-order valence-corrected chi connectivity index (χ4v) is 4.06. The van der Waals surface area contributed by atoms with E-state index >= 15 is 0 Å². The quantitative estimate of drug-likeness (QED) is 0.219. The topological polar surface area (TPSA) is 70.8 Å². The summed E-state index contributed by atoms with van der Waals surface area (Å²) < 4.78 is 33.2. The van der Waals surface area contributed by atoms with E-state index in [4.69, 9.17) is 19.3 Å². The monoisotopic (exact) mass is 486 g/mol. The van der Waals surface area contributed by atoms with Crippen molar-refractivity contribution in [1.29, 1.82) is 0 Å². The Bertz CT molecular complexity index is 1330. The van der Waals surface area contributed by atoms with E-state index in [1.54, 1.807) is 25.4 Å². The highest BCUT2D eigenvalue weighted by atomic mass is 19.1. The van der Waals surface area contributed by atoms with Crippen LogP contribution < -0.4 is 9.47 Å². The molecule has 4 aromatic rings. The molecule has 1 unspecified atom stereocenters. The largest absolute Gasteiger partial charge is 0.473 e. The van der Waals surface area contributed by atoms with Crippen molar-refractivity contribution in [1.82, 2.24) is 14.8 Å². The highest BCUT2D eigenvalue weighted by Crippen LogP contribution is 2.35. The number of pyridine rings is 1. The standard InChI is InChI=1S/C28H27FN4O3/c1-30-17-20-11-13-23(14-12-20)36-24-18-33(27-10-2-3-15-34-27)32-28(24)22-7-4-6-21(16-22)19-35-26-9-5-8-25(29)31-26/h4-9,11-14,16-18,27H,2-3,10,15,19H2,1H3. The van der Waals surface area contributed by atoms with E-state index in [1.807, 2.05) is 59.4 Å². The van der Waals surface area contributed by atoms with Crippen LogP contribution in [0.1, 0.15) is 36.6 Å². The number of aromatic nitrogens is 3. The lowest BCUT2D eigenvalue weighted by Crippen LogP contribution is -2.18. The average molecular weight is 487 g/mol. The van der Waals surface area contributed by atoms with E-state index in [-0.39, 0.29) is 18.7 Å². The van der Waals surface area contributed by atoms with Gasteiger partial charge in [-0.3, -0.25) is 4.99 Å². The molecule has 0 N–H and O–H groups in total. The van der Waals surface area contributed by atoms with Gasteiger partial charge in [-0.2, -0.15) is 14.5 Å². The van der Waals surface area contributed by atoms with Gasteiger partial charge in [0, 0.05) is 31.5 Å². The van der Waals surface area contributed by atoms with Crippen molar-refractivity contribution < 1.29 is 18.6 Å². The van der Waals surface area contributed by atoms with E-state index in [0.29, 0.717) is 17.2 Å². The molecular formula is C28H27FN4O3. The molecule has 0 saturated carbocycles. The molecule has 0 bridgehead atoms. The summed E-state index contributed by atoms with van der Waals surface area (Å²) in [7, 11) is 1.74. The van der Waals surface area contributed by atoms with E-state index in [0.717, 1.165) is 42.6 Å². The molecule has 0 aliphatic carbocycles. The van der Waals surface area contributed by atoms with Crippen LogP contribution in [0.2, 0.25) is 0 Å². The molecule has 1 fully saturated rings. The minimum Gasteiger partial charge on any atom is -0.473 e. The van der Waals surface area contributed by atoms with Gasteiger partial charge in [0.15, 0.2) is 5.75 Å². The van der Waals surface area contributed by atoms with E-state index in [1.165, 1.54) is 6.07 Å². The summed E-state index contributed by atoms with van der Waals surface area (Å²) in [4.78, 5) is 7.81. The number of rotatable bonds is 8. The second-order valence-corrected chi connectivity index (χ2v) is 8.49. The Morgan fingerprint density at radius 2 is 1.97 bits per heavy atom. The van der Waals surface area contributed by atoms with E-state index in [9.17, 15) is 4.39 Å². The Morgan fingerprint density at radius 1 is 1.11 bits per heavy atom. The average Bonchev–Trinajstić information content (AvgIpc) is 3.33. The number of benzene rings is 2. The Kier molecular flexibility index (Phi) is 7.33. The summed E-state index contributed by atoms with van der Waals surface area (Å²) in [6.07, 6.45) is 6.62. The van der Waals surface area contributed by atoms with Crippen LogP contribution in [0.15, 0.2) is 77.9 Å². The van der Waals surface area contributed by atoms with Gasteiger partial charge in [-0.15, -0.1) is 0 Å². The highest BCUT2D eigenvalue weighted by Gasteiger charge is 2.21. The molecule has 0 amide bonds. The zero-order valence-corrected chi connectivity index (χ0v) is 20.0. The van der Waals surface area contributed by atoms with Crippen LogP contribution in [0, 0.1) is 5.95 Å². The summed E-state index contributed by atoms with van der Waals surface area (Å²) in [5.41, 5.74) is 3.48. The molecular weight excluding hydrogens is 459 g/mol. The third-order valence-corrected chi connectivity index (χ3v) is 5.81. The number of hydrogen-bond acceptors (Lipinski definition) is 6. The first-order valence-corrected chi connectivity index (χ1v) is 11.9. The Morgan fingerprint density at radius 3 is 2.75 bits per heavy atom. The number of ether oxygens (including phenoxy) is 3.